The van der Waals surface area contributed by atoms with Gasteiger partial charge in [0.2, 0.25) is 0 Å². The second kappa shape index (κ2) is 9.84. The number of hydrogen-bond donors (Lipinski definition) is 1. The Hall–Kier alpha value is -0.0800. The molecular weight excluding hydrogens is 381 g/mol. The number of nitrogens with zero attached hydrogens (tertiary/aromatic N) is 2. The average Bonchev–Trinajstić information content (AvgIpc) is 3.09. The zero-order valence-corrected chi connectivity index (χ0v) is 15.7. The van der Waals surface area contributed by atoms with Crippen LogP contribution in [0.2, 0.25) is 0 Å². The lowest BCUT2D eigenvalue weighted by atomic mass is 9.87. The Morgan fingerprint density at radius 2 is 2.19 bits per heavy atom. The molecule has 0 aromatic carbocycles. The summed E-state index contributed by atoms with van der Waals surface area (Å²) in [6, 6.07) is 0. The van der Waals surface area contributed by atoms with Crippen LogP contribution in [-0.2, 0) is 9.47 Å². The summed E-state index contributed by atoms with van der Waals surface area (Å²) in [6.07, 6.45) is 5.96. The first-order valence-electron chi connectivity index (χ1n) is 7.82. The molecular formula is C15H30IN3O2. The Morgan fingerprint density at radius 3 is 2.86 bits per heavy atom. The minimum absolute atomic E-state index is 0. The van der Waals surface area contributed by atoms with Crippen LogP contribution in [0.4, 0.5) is 0 Å². The van der Waals surface area contributed by atoms with Crippen molar-refractivity contribution < 1.29 is 9.47 Å². The van der Waals surface area contributed by atoms with Crippen molar-refractivity contribution in [1.82, 2.24) is 10.2 Å². The minimum atomic E-state index is 0. The van der Waals surface area contributed by atoms with Crippen molar-refractivity contribution in [3.05, 3.63) is 0 Å². The van der Waals surface area contributed by atoms with Crippen LogP contribution in [-0.4, -0.2) is 64.5 Å². The molecule has 124 valence electrons. The number of methoxy groups -OCH3 is 1. The molecule has 2 fully saturated rings. The Labute approximate surface area is 145 Å². The van der Waals surface area contributed by atoms with Gasteiger partial charge in [-0.15, -0.1) is 24.0 Å². The van der Waals surface area contributed by atoms with Crippen LogP contribution in [0.1, 0.15) is 32.1 Å². The van der Waals surface area contributed by atoms with E-state index in [0.29, 0.717) is 5.41 Å². The summed E-state index contributed by atoms with van der Waals surface area (Å²) in [7, 11) is 3.64. The molecule has 6 heteroatoms. The van der Waals surface area contributed by atoms with Gasteiger partial charge in [-0.05, 0) is 32.1 Å². The van der Waals surface area contributed by atoms with E-state index in [9.17, 15) is 0 Å². The van der Waals surface area contributed by atoms with Crippen molar-refractivity contribution in [3.8, 4) is 0 Å². The van der Waals surface area contributed by atoms with Gasteiger partial charge in [0.05, 0.1) is 6.61 Å². The fourth-order valence-corrected chi connectivity index (χ4v) is 3.17. The molecule has 0 aromatic rings. The molecule has 1 N–H and O–H groups in total. The van der Waals surface area contributed by atoms with Crippen LogP contribution in [0, 0.1) is 5.41 Å². The molecule has 0 bridgehead atoms. The van der Waals surface area contributed by atoms with Gasteiger partial charge in [-0.2, -0.15) is 0 Å². The Balaban J connectivity index is 0.00000220. The average molecular weight is 411 g/mol. The molecule has 0 saturated carbocycles. The molecule has 21 heavy (non-hydrogen) atoms. The summed E-state index contributed by atoms with van der Waals surface area (Å²) >= 11 is 0. The molecule has 1 atom stereocenters. The molecule has 1 spiro atoms. The Morgan fingerprint density at radius 1 is 1.33 bits per heavy atom. The maximum Gasteiger partial charge on any atom is 0.193 e. The van der Waals surface area contributed by atoms with E-state index in [1.807, 2.05) is 7.05 Å². The van der Waals surface area contributed by atoms with Gasteiger partial charge >= 0.3 is 0 Å². The van der Waals surface area contributed by atoms with E-state index in [4.69, 9.17) is 9.47 Å². The standard InChI is InChI=1S/C15H29N3O2.HI/c1-16-14(17-8-4-3-5-10-19-2)18-9-6-15(12-18)7-11-20-13-15;/h3-13H2,1-2H3,(H,16,17);1H. The Bertz CT molecular complexity index is 320. The number of rotatable bonds is 6. The highest BCUT2D eigenvalue weighted by Gasteiger charge is 2.42. The number of hydrogen-bond acceptors (Lipinski definition) is 3. The van der Waals surface area contributed by atoms with Gasteiger partial charge in [-0.3, -0.25) is 4.99 Å². The molecule has 0 radical (unpaired) electrons. The van der Waals surface area contributed by atoms with Crippen LogP contribution in [0.5, 0.6) is 0 Å². The van der Waals surface area contributed by atoms with E-state index in [2.05, 4.69) is 15.2 Å². The molecule has 2 aliphatic rings. The van der Waals surface area contributed by atoms with E-state index in [1.54, 1.807) is 7.11 Å². The number of likely N-dealkylation sites (tertiary alicyclic amines) is 1. The van der Waals surface area contributed by atoms with E-state index >= 15 is 0 Å². The highest BCUT2D eigenvalue weighted by Crippen LogP contribution is 2.38. The van der Waals surface area contributed by atoms with Gasteiger partial charge in [0.1, 0.15) is 0 Å². The van der Waals surface area contributed by atoms with Gasteiger partial charge < -0.3 is 19.7 Å². The number of nitrogens with one attached hydrogen (secondary N) is 1. The molecule has 0 amide bonds. The predicted molar refractivity (Wildman–Crippen MR) is 96.6 cm³/mol. The summed E-state index contributed by atoms with van der Waals surface area (Å²) in [6.45, 7) is 5.92. The molecule has 0 aliphatic carbocycles. The highest BCUT2D eigenvalue weighted by molar-refractivity contribution is 14.0. The van der Waals surface area contributed by atoms with Crippen LogP contribution in [0.3, 0.4) is 0 Å². The first kappa shape index (κ1) is 19.0. The SMILES string of the molecule is CN=C(NCCCCCOC)N1CCC2(CCOC2)C1.I. The monoisotopic (exact) mass is 411 g/mol. The van der Waals surface area contributed by atoms with Crippen LogP contribution in [0.15, 0.2) is 4.99 Å². The normalized spacial score (nSPS) is 25.4. The summed E-state index contributed by atoms with van der Waals surface area (Å²) in [4.78, 5) is 6.82. The van der Waals surface area contributed by atoms with Gasteiger partial charge in [0, 0.05) is 52.4 Å². The molecule has 2 rings (SSSR count). The van der Waals surface area contributed by atoms with E-state index in [0.717, 1.165) is 51.8 Å². The quantitative estimate of drug-likeness (QED) is 0.315. The largest absolute Gasteiger partial charge is 0.385 e. The van der Waals surface area contributed by atoms with Crippen molar-refractivity contribution in [2.45, 2.75) is 32.1 Å². The minimum Gasteiger partial charge on any atom is -0.385 e. The summed E-state index contributed by atoms with van der Waals surface area (Å²) in [5, 5.41) is 3.49. The number of halogens is 1. The van der Waals surface area contributed by atoms with E-state index < -0.39 is 0 Å². The van der Waals surface area contributed by atoms with E-state index in [-0.39, 0.29) is 24.0 Å². The zero-order valence-electron chi connectivity index (χ0n) is 13.4. The molecule has 2 aliphatic heterocycles. The third-order valence-electron chi connectivity index (χ3n) is 4.44. The number of aliphatic imine (C=N–C) groups is 1. The first-order chi connectivity index (χ1) is 9.79. The second-order valence-electron chi connectivity index (χ2n) is 6.00. The van der Waals surface area contributed by atoms with Crippen LogP contribution >= 0.6 is 24.0 Å². The van der Waals surface area contributed by atoms with Crippen molar-refractivity contribution in [3.63, 3.8) is 0 Å². The Kier molecular flexibility index (Phi) is 8.89. The third kappa shape index (κ3) is 5.56. The molecule has 1 unspecified atom stereocenters. The zero-order chi connectivity index (χ0) is 14.3. The van der Waals surface area contributed by atoms with Gasteiger partial charge in [0.25, 0.3) is 0 Å². The van der Waals surface area contributed by atoms with Crippen molar-refractivity contribution in [2.75, 3.05) is 53.6 Å². The van der Waals surface area contributed by atoms with Crippen molar-refractivity contribution in [1.29, 1.82) is 0 Å². The summed E-state index contributed by atoms with van der Waals surface area (Å²) < 4.78 is 10.6. The molecule has 5 nitrogen and oxygen atoms in total. The van der Waals surface area contributed by atoms with Gasteiger partial charge in [0.15, 0.2) is 5.96 Å². The fraction of sp³-hybridized carbons (Fsp3) is 0.933. The van der Waals surface area contributed by atoms with Crippen molar-refractivity contribution >= 4 is 29.9 Å². The summed E-state index contributed by atoms with van der Waals surface area (Å²) in [5.74, 6) is 1.06. The molecule has 2 saturated heterocycles. The maximum absolute atomic E-state index is 5.58. The predicted octanol–water partition coefficient (Wildman–Crippen LogP) is 2.11. The maximum atomic E-state index is 5.58. The fourth-order valence-electron chi connectivity index (χ4n) is 3.17. The molecule has 2 heterocycles. The second-order valence-corrected chi connectivity index (χ2v) is 6.00. The van der Waals surface area contributed by atoms with Gasteiger partial charge in [-0.1, -0.05) is 0 Å². The van der Waals surface area contributed by atoms with Crippen LogP contribution < -0.4 is 5.32 Å². The van der Waals surface area contributed by atoms with E-state index in [1.165, 1.54) is 25.7 Å². The first-order valence-corrected chi connectivity index (χ1v) is 7.82. The third-order valence-corrected chi connectivity index (χ3v) is 4.44. The van der Waals surface area contributed by atoms with Gasteiger partial charge in [-0.25, -0.2) is 0 Å². The number of unbranched alkanes of at least 4 members (excludes halogenated alkanes) is 2. The molecule has 0 aromatic heterocycles. The topological polar surface area (TPSA) is 46.1 Å². The highest BCUT2D eigenvalue weighted by atomic mass is 127. The summed E-state index contributed by atoms with van der Waals surface area (Å²) in [5.41, 5.74) is 0.399. The number of guanidine groups is 1. The lowest BCUT2D eigenvalue weighted by Gasteiger charge is -2.24. The van der Waals surface area contributed by atoms with Crippen LogP contribution in [0.25, 0.3) is 0 Å². The number of ether oxygens (including phenoxy) is 2. The smallest absolute Gasteiger partial charge is 0.193 e. The lowest BCUT2D eigenvalue weighted by Crippen LogP contribution is -2.41. The lowest BCUT2D eigenvalue weighted by molar-refractivity contribution is 0.156. The van der Waals surface area contributed by atoms with Crippen molar-refractivity contribution in [2.24, 2.45) is 10.4 Å².